The summed E-state index contributed by atoms with van der Waals surface area (Å²) in [7, 11) is 0. The van der Waals surface area contributed by atoms with Gasteiger partial charge in [0.05, 0.1) is 19.3 Å². The van der Waals surface area contributed by atoms with Crippen molar-refractivity contribution in [2.75, 3.05) is 38.2 Å². The molecule has 1 fully saturated rings. The standard InChI is InChI=1S/C27H30F6N4/c1-16-11-20-19-5-2-3-6-23(19)35-25(20)26(37(16)15-27(31,32)33)24-21(29)12-18(13-22(24)30)34-17-7-10-36(14-17)9-4-8-28/h2-3,5-6,12-13,16-17,26,34-35H,4,7-11,14-15H2,1H3/t16-,17?,26-/m1/s1. The molecular weight excluding hydrogens is 494 g/mol. The predicted molar refractivity (Wildman–Crippen MR) is 131 cm³/mol. The number of aromatic amines is 1. The molecule has 0 bridgehead atoms. The van der Waals surface area contributed by atoms with Crippen LogP contribution in [0.3, 0.4) is 0 Å². The smallest absolute Gasteiger partial charge is 0.381 e. The number of fused-ring (bicyclic) bond motifs is 3. The molecule has 3 aromatic rings. The molecule has 1 aromatic heterocycles. The molecule has 3 heterocycles. The van der Waals surface area contributed by atoms with Gasteiger partial charge in [-0.05, 0) is 49.9 Å². The van der Waals surface area contributed by atoms with Crippen molar-refractivity contribution < 1.29 is 26.3 Å². The Morgan fingerprint density at radius 2 is 1.84 bits per heavy atom. The zero-order valence-corrected chi connectivity index (χ0v) is 20.5. The minimum absolute atomic E-state index is 0.0546. The van der Waals surface area contributed by atoms with Gasteiger partial charge in [0, 0.05) is 59.6 Å². The molecule has 2 N–H and O–H groups in total. The molecule has 2 aromatic carbocycles. The largest absolute Gasteiger partial charge is 0.401 e. The number of nitrogens with zero attached hydrogens (tertiary/aromatic N) is 2. The van der Waals surface area contributed by atoms with Gasteiger partial charge in [-0.3, -0.25) is 9.29 Å². The van der Waals surface area contributed by atoms with E-state index in [2.05, 4.69) is 15.2 Å². The predicted octanol–water partition coefficient (Wildman–Crippen LogP) is 6.19. The highest BCUT2D eigenvalue weighted by Crippen LogP contribution is 2.44. The summed E-state index contributed by atoms with van der Waals surface area (Å²) in [6.45, 7) is 1.99. The number of likely N-dealkylation sites (tertiary alicyclic amines) is 1. The Labute approximate surface area is 211 Å². The van der Waals surface area contributed by atoms with Crippen molar-refractivity contribution in [3.05, 3.63) is 64.9 Å². The molecule has 2 aliphatic rings. The Hall–Kier alpha value is -2.72. The number of hydrogen-bond acceptors (Lipinski definition) is 3. The molecule has 0 amide bonds. The lowest BCUT2D eigenvalue weighted by Gasteiger charge is -2.41. The van der Waals surface area contributed by atoms with Crippen LogP contribution in [0.5, 0.6) is 0 Å². The van der Waals surface area contributed by atoms with E-state index in [0.29, 0.717) is 31.6 Å². The summed E-state index contributed by atoms with van der Waals surface area (Å²) in [5.74, 6) is -1.80. The van der Waals surface area contributed by atoms with Gasteiger partial charge < -0.3 is 15.2 Å². The number of nitrogens with one attached hydrogen (secondary N) is 2. The second kappa shape index (κ2) is 10.2. The quantitative estimate of drug-likeness (QED) is 0.362. The van der Waals surface area contributed by atoms with Crippen LogP contribution >= 0.6 is 0 Å². The number of hydrogen-bond donors (Lipinski definition) is 2. The first kappa shape index (κ1) is 25.9. The summed E-state index contributed by atoms with van der Waals surface area (Å²) in [6, 6.07) is 7.73. The molecule has 0 radical (unpaired) electrons. The Morgan fingerprint density at radius 3 is 2.54 bits per heavy atom. The van der Waals surface area contributed by atoms with Gasteiger partial charge >= 0.3 is 6.18 Å². The lowest BCUT2D eigenvalue weighted by molar-refractivity contribution is -0.155. The average Bonchev–Trinajstić information content (AvgIpc) is 3.42. The van der Waals surface area contributed by atoms with Crippen LogP contribution in [-0.4, -0.2) is 65.9 Å². The SMILES string of the molecule is C[C@@H]1Cc2c([nH]c3ccccc23)[C@@H](c2c(F)cc(NC3CCN(CCCF)C3)cc2F)N1CC(F)(F)F. The van der Waals surface area contributed by atoms with Gasteiger partial charge in [-0.2, -0.15) is 13.2 Å². The van der Waals surface area contributed by atoms with Crippen LogP contribution in [0, 0.1) is 11.6 Å². The van der Waals surface area contributed by atoms with E-state index in [4.69, 9.17) is 0 Å². The van der Waals surface area contributed by atoms with Crippen molar-refractivity contribution in [1.82, 2.24) is 14.8 Å². The molecule has 0 aliphatic carbocycles. The van der Waals surface area contributed by atoms with Gasteiger partial charge in [0.25, 0.3) is 0 Å². The molecule has 4 nitrogen and oxygen atoms in total. The third-order valence-corrected chi connectivity index (χ3v) is 7.48. The van der Waals surface area contributed by atoms with Gasteiger partial charge in [-0.25, -0.2) is 8.78 Å². The molecule has 2 aliphatic heterocycles. The van der Waals surface area contributed by atoms with E-state index in [9.17, 15) is 17.6 Å². The summed E-state index contributed by atoms with van der Waals surface area (Å²) < 4.78 is 84.6. The van der Waals surface area contributed by atoms with Crippen molar-refractivity contribution in [2.24, 2.45) is 0 Å². The highest BCUT2D eigenvalue weighted by atomic mass is 19.4. The van der Waals surface area contributed by atoms with Crippen LogP contribution in [0.25, 0.3) is 10.9 Å². The van der Waals surface area contributed by atoms with Crippen molar-refractivity contribution in [3.63, 3.8) is 0 Å². The highest BCUT2D eigenvalue weighted by Gasteiger charge is 2.43. The van der Waals surface area contributed by atoms with E-state index in [1.807, 2.05) is 18.2 Å². The van der Waals surface area contributed by atoms with Crippen LogP contribution < -0.4 is 5.32 Å². The summed E-state index contributed by atoms with van der Waals surface area (Å²) in [5, 5.41) is 3.99. The maximum atomic E-state index is 15.6. The lowest BCUT2D eigenvalue weighted by atomic mass is 9.88. The van der Waals surface area contributed by atoms with Crippen molar-refractivity contribution in [3.8, 4) is 0 Å². The highest BCUT2D eigenvalue weighted by molar-refractivity contribution is 5.85. The van der Waals surface area contributed by atoms with Gasteiger partial charge in [0.1, 0.15) is 11.6 Å². The number of para-hydroxylation sites is 1. The monoisotopic (exact) mass is 524 g/mol. The molecule has 5 rings (SSSR count). The number of aromatic nitrogens is 1. The van der Waals surface area contributed by atoms with Crippen LogP contribution in [-0.2, 0) is 6.42 Å². The Bertz CT molecular complexity index is 1230. The zero-order chi connectivity index (χ0) is 26.3. The lowest BCUT2D eigenvalue weighted by Crippen LogP contribution is -2.47. The van der Waals surface area contributed by atoms with E-state index in [1.165, 1.54) is 0 Å². The number of rotatable bonds is 7. The molecule has 1 saturated heterocycles. The second-order valence-corrected chi connectivity index (χ2v) is 10.1. The van der Waals surface area contributed by atoms with E-state index >= 15 is 8.78 Å². The minimum atomic E-state index is -4.54. The molecular formula is C27H30F6N4. The van der Waals surface area contributed by atoms with Gasteiger partial charge in [-0.15, -0.1) is 0 Å². The van der Waals surface area contributed by atoms with Crippen molar-refractivity contribution in [2.45, 2.75) is 50.5 Å². The summed E-state index contributed by atoms with van der Waals surface area (Å²) >= 11 is 0. The third kappa shape index (κ3) is 5.31. The fraction of sp³-hybridized carbons (Fsp3) is 0.481. The molecule has 200 valence electrons. The Kier molecular flexibility index (Phi) is 7.15. The Morgan fingerprint density at radius 1 is 1.11 bits per heavy atom. The van der Waals surface area contributed by atoms with Crippen molar-refractivity contribution in [1.29, 1.82) is 0 Å². The molecule has 10 heteroatoms. The first-order valence-electron chi connectivity index (χ1n) is 12.6. The topological polar surface area (TPSA) is 34.3 Å². The van der Waals surface area contributed by atoms with E-state index in [1.54, 1.807) is 13.0 Å². The van der Waals surface area contributed by atoms with Crippen molar-refractivity contribution >= 4 is 16.6 Å². The fourth-order valence-corrected chi connectivity index (χ4v) is 5.87. The molecule has 1 unspecified atom stereocenters. The molecule has 0 saturated carbocycles. The molecule has 37 heavy (non-hydrogen) atoms. The summed E-state index contributed by atoms with van der Waals surface area (Å²) in [6.07, 6.45) is -3.03. The normalized spacial score (nSPS) is 23.1. The number of halogens is 6. The summed E-state index contributed by atoms with van der Waals surface area (Å²) in [5.41, 5.74) is 1.73. The van der Waals surface area contributed by atoms with E-state index < -0.39 is 48.7 Å². The third-order valence-electron chi connectivity index (χ3n) is 7.48. The number of benzene rings is 2. The van der Waals surface area contributed by atoms with E-state index in [0.717, 1.165) is 46.5 Å². The number of anilines is 1. The Balaban J connectivity index is 1.50. The van der Waals surface area contributed by atoms with Gasteiger partial charge in [-0.1, -0.05) is 18.2 Å². The maximum Gasteiger partial charge on any atom is 0.401 e. The van der Waals surface area contributed by atoms with Gasteiger partial charge in [0.2, 0.25) is 0 Å². The summed E-state index contributed by atoms with van der Waals surface area (Å²) in [4.78, 5) is 6.38. The van der Waals surface area contributed by atoms with Crippen LogP contribution in [0.2, 0.25) is 0 Å². The first-order valence-corrected chi connectivity index (χ1v) is 12.6. The zero-order valence-electron chi connectivity index (χ0n) is 20.5. The fourth-order valence-electron chi connectivity index (χ4n) is 5.87. The number of alkyl halides is 4. The van der Waals surface area contributed by atoms with Crippen LogP contribution in [0.15, 0.2) is 36.4 Å². The molecule has 3 atom stereocenters. The minimum Gasteiger partial charge on any atom is -0.381 e. The van der Waals surface area contributed by atoms with Crippen LogP contribution in [0.4, 0.5) is 32.0 Å². The van der Waals surface area contributed by atoms with Crippen LogP contribution in [0.1, 0.15) is 42.6 Å². The van der Waals surface area contributed by atoms with Gasteiger partial charge in [0.15, 0.2) is 0 Å². The first-order chi connectivity index (χ1) is 17.6. The second-order valence-electron chi connectivity index (χ2n) is 10.1. The van der Waals surface area contributed by atoms with E-state index in [-0.39, 0.29) is 11.7 Å². The average molecular weight is 525 g/mol. The number of H-pyrrole nitrogens is 1. The molecule has 0 spiro atoms. The maximum absolute atomic E-state index is 15.6.